The number of aromatic nitrogens is 2. The molecule has 0 N–H and O–H groups in total. The first-order valence-corrected chi connectivity index (χ1v) is 12.6. The first-order chi connectivity index (χ1) is 15.7. The van der Waals surface area contributed by atoms with Crippen LogP contribution >= 0.6 is 11.3 Å². The summed E-state index contributed by atoms with van der Waals surface area (Å²) in [6.45, 7) is 7.37. The molecule has 0 bridgehead atoms. The lowest BCUT2D eigenvalue weighted by Crippen LogP contribution is -2.49. The topological polar surface area (TPSA) is 52.6 Å². The van der Waals surface area contributed by atoms with Gasteiger partial charge in [0.25, 0.3) is 0 Å². The summed E-state index contributed by atoms with van der Waals surface area (Å²) in [5, 5.41) is 1.16. The van der Waals surface area contributed by atoms with Gasteiger partial charge in [0.05, 0.1) is 11.8 Å². The van der Waals surface area contributed by atoms with Crippen LogP contribution in [0.15, 0.2) is 36.4 Å². The maximum atomic E-state index is 12.8. The fourth-order valence-electron chi connectivity index (χ4n) is 4.65. The summed E-state index contributed by atoms with van der Waals surface area (Å²) in [7, 11) is 0. The molecule has 168 valence electrons. The predicted octanol–water partition coefficient (Wildman–Crippen LogP) is 4.14. The fraction of sp³-hybridized carbons (Fsp3) is 0.480. The highest BCUT2D eigenvalue weighted by atomic mass is 32.1. The average molecular weight is 450 g/mol. The van der Waals surface area contributed by atoms with E-state index in [0.29, 0.717) is 6.42 Å². The number of piperazine rings is 1. The second-order valence-corrected chi connectivity index (χ2v) is 9.83. The zero-order chi connectivity index (χ0) is 21.9. The van der Waals surface area contributed by atoms with Crippen LogP contribution in [0, 0.1) is 0 Å². The Balaban J connectivity index is 1.35. The Hall–Kier alpha value is -2.67. The molecule has 2 aliphatic heterocycles. The van der Waals surface area contributed by atoms with E-state index in [0.717, 1.165) is 73.2 Å². The summed E-state index contributed by atoms with van der Waals surface area (Å²) in [5.74, 6) is 2.13. The van der Waals surface area contributed by atoms with Crippen LogP contribution in [0.4, 0.5) is 11.8 Å². The van der Waals surface area contributed by atoms with Gasteiger partial charge in [0, 0.05) is 44.1 Å². The minimum absolute atomic E-state index is 0.210. The van der Waals surface area contributed by atoms with E-state index in [2.05, 4.69) is 22.8 Å². The van der Waals surface area contributed by atoms with E-state index in [4.69, 9.17) is 9.97 Å². The standard InChI is InChI=1S/C25H31N5OS/c1-2-20-18-21-23(26-25(27-24(21)32-20)30-11-7-4-8-12-30)29-15-13-28(14-16-29)22(31)17-19-9-5-3-6-10-19/h3,5-6,9-10,18H,2,4,7-8,11-17H2,1H3. The van der Waals surface area contributed by atoms with E-state index in [9.17, 15) is 4.79 Å². The molecule has 0 aliphatic carbocycles. The number of benzene rings is 1. The number of piperidine rings is 1. The third-order valence-electron chi connectivity index (χ3n) is 6.53. The van der Waals surface area contributed by atoms with Gasteiger partial charge in [-0.3, -0.25) is 4.79 Å². The summed E-state index contributed by atoms with van der Waals surface area (Å²) in [6, 6.07) is 12.3. The minimum atomic E-state index is 0.210. The monoisotopic (exact) mass is 449 g/mol. The van der Waals surface area contributed by atoms with Gasteiger partial charge in [-0.2, -0.15) is 4.98 Å². The Morgan fingerprint density at radius 3 is 2.41 bits per heavy atom. The molecule has 32 heavy (non-hydrogen) atoms. The molecule has 7 heteroatoms. The Bertz CT molecular complexity index is 1070. The summed E-state index contributed by atoms with van der Waals surface area (Å²) < 4.78 is 0. The Morgan fingerprint density at radius 2 is 1.69 bits per heavy atom. The highest BCUT2D eigenvalue weighted by Crippen LogP contribution is 2.34. The Kier molecular flexibility index (Phi) is 6.26. The molecule has 5 rings (SSSR count). The molecule has 4 heterocycles. The molecule has 0 radical (unpaired) electrons. The lowest BCUT2D eigenvalue weighted by molar-refractivity contribution is -0.130. The smallest absolute Gasteiger partial charge is 0.228 e. The number of carbonyl (C=O) groups is 1. The zero-order valence-electron chi connectivity index (χ0n) is 18.8. The molecule has 3 aromatic rings. The van der Waals surface area contributed by atoms with Crippen molar-refractivity contribution in [2.45, 2.75) is 39.0 Å². The minimum Gasteiger partial charge on any atom is -0.352 e. The molecule has 0 saturated carbocycles. The van der Waals surface area contributed by atoms with E-state index in [1.165, 1.54) is 24.1 Å². The molecule has 6 nitrogen and oxygen atoms in total. The molecular weight excluding hydrogens is 418 g/mol. The van der Waals surface area contributed by atoms with Gasteiger partial charge in [0.2, 0.25) is 11.9 Å². The maximum absolute atomic E-state index is 12.8. The highest BCUT2D eigenvalue weighted by Gasteiger charge is 2.25. The van der Waals surface area contributed by atoms with Crippen LogP contribution in [0.1, 0.15) is 36.6 Å². The third kappa shape index (κ3) is 4.44. The molecule has 0 spiro atoms. The van der Waals surface area contributed by atoms with Crippen molar-refractivity contribution in [3.05, 3.63) is 46.8 Å². The first-order valence-electron chi connectivity index (χ1n) is 11.8. The number of fused-ring (bicyclic) bond motifs is 1. The van der Waals surface area contributed by atoms with Crippen molar-refractivity contribution in [2.24, 2.45) is 0 Å². The highest BCUT2D eigenvalue weighted by molar-refractivity contribution is 7.18. The van der Waals surface area contributed by atoms with Gasteiger partial charge in [-0.25, -0.2) is 4.98 Å². The van der Waals surface area contributed by atoms with Gasteiger partial charge in [-0.1, -0.05) is 37.3 Å². The quantitative estimate of drug-likeness (QED) is 0.586. The molecule has 2 fully saturated rings. The van der Waals surface area contributed by atoms with Crippen LogP contribution in [0.5, 0.6) is 0 Å². The molecular formula is C25H31N5OS. The summed E-state index contributed by atoms with van der Waals surface area (Å²) in [5.41, 5.74) is 1.08. The molecule has 2 aliphatic rings. The second kappa shape index (κ2) is 9.45. The number of hydrogen-bond acceptors (Lipinski definition) is 6. The lowest BCUT2D eigenvalue weighted by Gasteiger charge is -2.36. The summed E-state index contributed by atoms with van der Waals surface area (Å²) in [4.78, 5) is 32.0. The Morgan fingerprint density at radius 1 is 0.938 bits per heavy atom. The van der Waals surface area contributed by atoms with E-state index in [1.807, 2.05) is 35.2 Å². The van der Waals surface area contributed by atoms with Gasteiger partial charge in [-0.15, -0.1) is 11.3 Å². The molecule has 1 aromatic carbocycles. The number of aryl methyl sites for hydroxylation is 1. The van der Waals surface area contributed by atoms with Gasteiger partial charge >= 0.3 is 0 Å². The van der Waals surface area contributed by atoms with Gasteiger partial charge in [0.1, 0.15) is 10.6 Å². The number of nitrogens with zero attached hydrogens (tertiary/aromatic N) is 5. The molecule has 2 aromatic heterocycles. The third-order valence-corrected chi connectivity index (χ3v) is 7.70. The number of carbonyl (C=O) groups excluding carboxylic acids is 1. The zero-order valence-corrected chi connectivity index (χ0v) is 19.6. The fourth-order valence-corrected chi connectivity index (χ4v) is 5.60. The molecule has 2 saturated heterocycles. The molecule has 1 amide bonds. The average Bonchev–Trinajstić information content (AvgIpc) is 3.28. The largest absolute Gasteiger partial charge is 0.352 e. The van der Waals surface area contributed by atoms with Crippen molar-refractivity contribution < 1.29 is 4.79 Å². The Labute approximate surface area is 193 Å². The first kappa shape index (κ1) is 21.2. The van der Waals surface area contributed by atoms with Crippen molar-refractivity contribution >= 4 is 39.2 Å². The van der Waals surface area contributed by atoms with E-state index < -0.39 is 0 Å². The van der Waals surface area contributed by atoms with E-state index in [1.54, 1.807) is 11.3 Å². The number of amides is 1. The van der Waals surface area contributed by atoms with Crippen LogP contribution in [-0.4, -0.2) is 60.0 Å². The second-order valence-electron chi connectivity index (χ2n) is 8.71. The summed E-state index contributed by atoms with van der Waals surface area (Å²) >= 11 is 1.79. The lowest BCUT2D eigenvalue weighted by atomic mass is 10.1. The number of thiophene rings is 1. The van der Waals surface area contributed by atoms with Crippen molar-refractivity contribution in [1.29, 1.82) is 0 Å². The maximum Gasteiger partial charge on any atom is 0.228 e. The van der Waals surface area contributed by atoms with Gasteiger partial charge in [0.15, 0.2) is 0 Å². The van der Waals surface area contributed by atoms with E-state index >= 15 is 0 Å². The van der Waals surface area contributed by atoms with Crippen LogP contribution < -0.4 is 9.80 Å². The van der Waals surface area contributed by atoms with Crippen molar-refractivity contribution in [3.8, 4) is 0 Å². The normalized spacial score (nSPS) is 17.2. The predicted molar refractivity (Wildman–Crippen MR) is 132 cm³/mol. The number of hydrogen-bond donors (Lipinski definition) is 0. The van der Waals surface area contributed by atoms with Gasteiger partial charge in [-0.05, 0) is 37.3 Å². The van der Waals surface area contributed by atoms with Crippen molar-refractivity contribution in [3.63, 3.8) is 0 Å². The molecule has 0 atom stereocenters. The van der Waals surface area contributed by atoms with E-state index in [-0.39, 0.29) is 5.91 Å². The van der Waals surface area contributed by atoms with Crippen LogP contribution in [0.25, 0.3) is 10.2 Å². The van der Waals surface area contributed by atoms with Crippen LogP contribution in [0.3, 0.4) is 0 Å². The van der Waals surface area contributed by atoms with Crippen molar-refractivity contribution in [1.82, 2.24) is 14.9 Å². The number of anilines is 2. The number of rotatable bonds is 5. The SMILES string of the molecule is CCc1cc2c(N3CCN(C(=O)Cc4ccccc4)CC3)nc(N3CCCCC3)nc2s1. The van der Waals surface area contributed by atoms with Crippen molar-refractivity contribution in [2.75, 3.05) is 49.1 Å². The van der Waals surface area contributed by atoms with Crippen LogP contribution in [0.2, 0.25) is 0 Å². The van der Waals surface area contributed by atoms with Crippen LogP contribution in [-0.2, 0) is 17.6 Å². The van der Waals surface area contributed by atoms with Gasteiger partial charge < -0.3 is 14.7 Å². The summed E-state index contributed by atoms with van der Waals surface area (Å²) in [6.07, 6.45) is 5.21. The molecule has 0 unspecified atom stereocenters.